The highest BCUT2D eigenvalue weighted by Gasteiger charge is 2.25. The molecule has 1 fully saturated rings. The van der Waals surface area contributed by atoms with Gasteiger partial charge in [-0.2, -0.15) is 0 Å². The van der Waals surface area contributed by atoms with E-state index in [2.05, 4.69) is 41.4 Å². The van der Waals surface area contributed by atoms with Gasteiger partial charge in [0.25, 0.3) is 0 Å². The monoisotopic (exact) mass is 278 g/mol. The first-order valence-electron chi connectivity index (χ1n) is 7.29. The number of ether oxygens (including phenoxy) is 1. The second-order valence-electron chi connectivity index (χ2n) is 6.47. The predicted octanol–water partition coefficient (Wildman–Crippen LogP) is 2.80. The lowest BCUT2D eigenvalue weighted by Crippen LogP contribution is -2.22. The van der Waals surface area contributed by atoms with Gasteiger partial charge < -0.3 is 15.4 Å². The van der Waals surface area contributed by atoms with Crippen molar-refractivity contribution in [3.63, 3.8) is 0 Å². The van der Waals surface area contributed by atoms with Crippen LogP contribution in [-0.4, -0.2) is 36.3 Å². The smallest absolute Gasteiger partial charge is 0.138 e. The van der Waals surface area contributed by atoms with Gasteiger partial charge in [-0.25, -0.2) is 9.97 Å². The number of aromatic nitrogens is 2. The van der Waals surface area contributed by atoms with E-state index in [0.717, 1.165) is 36.7 Å². The zero-order valence-corrected chi connectivity index (χ0v) is 13.2. The van der Waals surface area contributed by atoms with Gasteiger partial charge >= 0.3 is 0 Å². The number of methoxy groups -OCH3 is 1. The minimum Gasteiger partial charge on any atom is -0.381 e. The average molecular weight is 278 g/mol. The molecule has 2 unspecified atom stereocenters. The molecular weight excluding hydrogens is 252 g/mol. The molecule has 0 saturated heterocycles. The first kappa shape index (κ1) is 15.0. The molecule has 1 aromatic rings. The summed E-state index contributed by atoms with van der Waals surface area (Å²) in [5.74, 6) is 2.61. The minimum atomic E-state index is -0.0615. The van der Waals surface area contributed by atoms with Gasteiger partial charge in [0, 0.05) is 31.7 Å². The first-order chi connectivity index (χ1) is 9.42. The number of rotatable bonds is 4. The Bertz CT molecular complexity index is 456. The fourth-order valence-electron chi connectivity index (χ4n) is 2.48. The van der Waals surface area contributed by atoms with Crippen LogP contribution in [0.2, 0.25) is 0 Å². The van der Waals surface area contributed by atoms with E-state index in [1.54, 1.807) is 7.11 Å². The van der Waals surface area contributed by atoms with Gasteiger partial charge in [-0.1, -0.05) is 20.8 Å². The van der Waals surface area contributed by atoms with Crippen molar-refractivity contribution in [2.75, 3.05) is 24.8 Å². The van der Waals surface area contributed by atoms with E-state index in [9.17, 15) is 0 Å². The lowest BCUT2D eigenvalue weighted by atomic mass is 9.96. The zero-order valence-electron chi connectivity index (χ0n) is 13.2. The maximum absolute atomic E-state index is 5.42. The molecule has 2 N–H and O–H groups in total. The Hall–Kier alpha value is -1.36. The largest absolute Gasteiger partial charge is 0.381 e. The first-order valence-corrected chi connectivity index (χ1v) is 7.29. The summed E-state index contributed by atoms with van der Waals surface area (Å²) >= 11 is 0. The van der Waals surface area contributed by atoms with Crippen LogP contribution in [0.1, 0.15) is 45.9 Å². The minimum absolute atomic E-state index is 0.0615. The molecule has 0 spiro atoms. The molecule has 0 amide bonds. The van der Waals surface area contributed by atoms with E-state index in [-0.39, 0.29) is 5.41 Å². The Labute approximate surface area is 121 Å². The fraction of sp³-hybridized carbons (Fsp3) is 0.733. The molecular formula is C15H26N4O. The Morgan fingerprint density at radius 3 is 2.45 bits per heavy atom. The number of nitrogens with one attached hydrogen (secondary N) is 2. The average Bonchev–Trinajstić information content (AvgIpc) is 2.85. The molecule has 2 rings (SSSR count). The van der Waals surface area contributed by atoms with Gasteiger partial charge in [0.15, 0.2) is 0 Å². The van der Waals surface area contributed by atoms with Crippen LogP contribution in [0.15, 0.2) is 6.07 Å². The molecule has 1 heterocycles. The zero-order chi connectivity index (χ0) is 14.8. The van der Waals surface area contributed by atoms with E-state index in [0.29, 0.717) is 12.1 Å². The molecule has 2 atom stereocenters. The quantitative estimate of drug-likeness (QED) is 0.887. The molecule has 0 aromatic carbocycles. The van der Waals surface area contributed by atoms with Crippen molar-refractivity contribution in [2.45, 2.75) is 57.6 Å². The summed E-state index contributed by atoms with van der Waals surface area (Å²) in [5, 5.41) is 6.63. The third-order valence-electron chi connectivity index (χ3n) is 3.72. The van der Waals surface area contributed by atoms with Crippen LogP contribution in [0.3, 0.4) is 0 Å². The van der Waals surface area contributed by atoms with E-state index in [1.807, 2.05) is 13.1 Å². The summed E-state index contributed by atoms with van der Waals surface area (Å²) < 4.78 is 5.42. The van der Waals surface area contributed by atoms with Crippen molar-refractivity contribution < 1.29 is 4.74 Å². The van der Waals surface area contributed by atoms with Gasteiger partial charge in [-0.05, 0) is 19.3 Å². The molecule has 1 aliphatic rings. The molecule has 1 saturated carbocycles. The molecule has 0 bridgehead atoms. The third kappa shape index (κ3) is 3.60. The highest BCUT2D eigenvalue weighted by atomic mass is 16.5. The molecule has 112 valence electrons. The second-order valence-corrected chi connectivity index (χ2v) is 6.47. The highest BCUT2D eigenvalue weighted by molar-refractivity contribution is 5.48. The standard InChI is InChI=1S/C15H26N4O/c1-15(2,3)14-18-12(16-4)9-13(19-14)17-10-6-7-11(8-10)20-5/h9-11H,6-8H2,1-5H3,(H2,16,17,18,19). The van der Waals surface area contributed by atoms with Gasteiger partial charge in [0.1, 0.15) is 17.5 Å². The van der Waals surface area contributed by atoms with Crippen LogP contribution in [0.5, 0.6) is 0 Å². The van der Waals surface area contributed by atoms with Gasteiger partial charge in [0.2, 0.25) is 0 Å². The number of hydrogen-bond donors (Lipinski definition) is 2. The SMILES string of the molecule is CNc1cc(NC2CCC(OC)C2)nc(C(C)(C)C)n1. The van der Waals surface area contributed by atoms with Gasteiger partial charge in [-0.15, -0.1) is 0 Å². The lowest BCUT2D eigenvalue weighted by molar-refractivity contribution is 0.108. The Balaban J connectivity index is 2.15. The second kappa shape index (κ2) is 5.95. The van der Waals surface area contributed by atoms with E-state index >= 15 is 0 Å². The van der Waals surface area contributed by atoms with Crippen molar-refractivity contribution in [2.24, 2.45) is 0 Å². The van der Waals surface area contributed by atoms with Crippen LogP contribution in [0, 0.1) is 0 Å². The number of anilines is 2. The number of nitrogens with zero attached hydrogens (tertiary/aromatic N) is 2. The Kier molecular flexibility index (Phi) is 4.48. The molecule has 5 heteroatoms. The van der Waals surface area contributed by atoms with Crippen LogP contribution in [0.4, 0.5) is 11.6 Å². The van der Waals surface area contributed by atoms with Crippen molar-refractivity contribution in [3.05, 3.63) is 11.9 Å². The maximum atomic E-state index is 5.42. The van der Waals surface area contributed by atoms with Crippen LogP contribution < -0.4 is 10.6 Å². The van der Waals surface area contributed by atoms with E-state index < -0.39 is 0 Å². The summed E-state index contributed by atoms with van der Waals surface area (Å²) in [6.45, 7) is 6.38. The topological polar surface area (TPSA) is 59.1 Å². The normalized spacial score (nSPS) is 22.9. The van der Waals surface area contributed by atoms with Crippen LogP contribution in [-0.2, 0) is 10.2 Å². The summed E-state index contributed by atoms with van der Waals surface area (Å²) in [7, 11) is 3.67. The predicted molar refractivity (Wildman–Crippen MR) is 82.3 cm³/mol. The summed E-state index contributed by atoms with van der Waals surface area (Å²) in [6, 6.07) is 2.41. The summed E-state index contributed by atoms with van der Waals surface area (Å²) in [6.07, 6.45) is 3.66. The Morgan fingerprint density at radius 2 is 1.90 bits per heavy atom. The van der Waals surface area contributed by atoms with Crippen molar-refractivity contribution in [1.82, 2.24) is 9.97 Å². The van der Waals surface area contributed by atoms with Crippen LogP contribution in [0.25, 0.3) is 0 Å². The Morgan fingerprint density at radius 1 is 1.20 bits per heavy atom. The highest BCUT2D eigenvalue weighted by Crippen LogP contribution is 2.26. The molecule has 0 radical (unpaired) electrons. The van der Waals surface area contributed by atoms with E-state index in [1.165, 1.54) is 0 Å². The molecule has 0 aliphatic heterocycles. The maximum Gasteiger partial charge on any atom is 0.138 e. The molecule has 1 aliphatic carbocycles. The fourth-order valence-corrected chi connectivity index (χ4v) is 2.48. The van der Waals surface area contributed by atoms with Crippen LogP contribution >= 0.6 is 0 Å². The van der Waals surface area contributed by atoms with Crippen molar-refractivity contribution >= 4 is 11.6 Å². The van der Waals surface area contributed by atoms with Gasteiger partial charge in [0.05, 0.1) is 6.10 Å². The molecule has 1 aromatic heterocycles. The number of hydrogen-bond acceptors (Lipinski definition) is 5. The van der Waals surface area contributed by atoms with Crippen molar-refractivity contribution in [3.8, 4) is 0 Å². The summed E-state index contributed by atoms with van der Waals surface area (Å²) in [4.78, 5) is 9.21. The van der Waals surface area contributed by atoms with E-state index in [4.69, 9.17) is 4.74 Å². The van der Waals surface area contributed by atoms with Gasteiger partial charge in [-0.3, -0.25) is 0 Å². The third-order valence-corrected chi connectivity index (χ3v) is 3.72. The van der Waals surface area contributed by atoms with Crippen molar-refractivity contribution in [1.29, 1.82) is 0 Å². The summed E-state index contributed by atoms with van der Waals surface area (Å²) in [5.41, 5.74) is -0.0615. The molecule has 5 nitrogen and oxygen atoms in total. The molecule has 20 heavy (non-hydrogen) atoms. The lowest BCUT2D eigenvalue weighted by Gasteiger charge is -2.20.